The van der Waals surface area contributed by atoms with Crippen molar-refractivity contribution in [3.8, 4) is 0 Å². The molecule has 0 saturated heterocycles. The molecule has 1 nitrogen and oxygen atoms in total. The highest BCUT2D eigenvalue weighted by molar-refractivity contribution is 5.23. The average molecular weight is 223 g/mol. The molecule has 0 bridgehead atoms. The molecule has 0 aliphatic heterocycles. The molecule has 0 aliphatic carbocycles. The lowest BCUT2D eigenvalue weighted by Gasteiger charge is -2.30. The van der Waals surface area contributed by atoms with Crippen LogP contribution in [0.1, 0.15) is 68.2 Å². The minimum absolute atomic E-state index is 0.233. The van der Waals surface area contributed by atoms with Gasteiger partial charge in [0.25, 0.3) is 0 Å². The molecular formula is C15H29N. The summed E-state index contributed by atoms with van der Waals surface area (Å²) in [6, 6.07) is 0. The maximum Gasteiger partial charge on any atom is 0.0194 e. The Labute approximate surface area is 102 Å². The maximum atomic E-state index is 3.62. The third kappa shape index (κ3) is 4.03. The van der Waals surface area contributed by atoms with Gasteiger partial charge in [-0.2, -0.15) is 0 Å². The zero-order chi connectivity index (χ0) is 12.9. The number of rotatable bonds is 5. The van der Waals surface area contributed by atoms with Gasteiger partial charge in [0.2, 0.25) is 0 Å². The molecule has 0 aromatic rings. The van der Waals surface area contributed by atoms with Crippen molar-refractivity contribution in [3.05, 3.63) is 22.5 Å². The van der Waals surface area contributed by atoms with Crippen molar-refractivity contribution in [1.29, 1.82) is 0 Å². The topological polar surface area (TPSA) is 12.0 Å². The minimum Gasteiger partial charge on any atom is -0.362 e. The van der Waals surface area contributed by atoms with Gasteiger partial charge in [0, 0.05) is 16.8 Å². The number of hydrogen-bond acceptors (Lipinski definition) is 1. The molecular weight excluding hydrogens is 194 g/mol. The quantitative estimate of drug-likeness (QED) is 0.691. The summed E-state index contributed by atoms with van der Waals surface area (Å²) in [5.74, 6) is 0. The van der Waals surface area contributed by atoms with Crippen LogP contribution in [-0.2, 0) is 0 Å². The highest BCUT2D eigenvalue weighted by Gasteiger charge is 2.23. The van der Waals surface area contributed by atoms with Gasteiger partial charge in [-0.15, -0.1) is 0 Å². The molecule has 94 valence electrons. The molecule has 0 aliphatic rings. The van der Waals surface area contributed by atoms with Crippen molar-refractivity contribution in [2.75, 3.05) is 0 Å². The summed E-state index contributed by atoms with van der Waals surface area (Å²) in [4.78, 5) is 0. The van der Waals surface area contributed by atoms with Crippen molar-refractivity contribution >= 4 is 0 Å². The molecule has 0 fully saturated rings. The van der Waals surface area contributed by atoms with E-state index in [-0.39, 0.29) is 5.41 Å². The number of nitrogens with one attached hydrogen (secondary N) is 1. The Balaban J connectivity index is 5.24. The van der Waals surface area contributed by atoms with Crippen LogP contribution in [0.15, 0.2) is 22.5 Å². The van der Waals surface area contributed by atoms with E-state index in [2.05, 4.69) is 60.7 Å². The summed E-state index contributed by atoms with van der Waals surface area (Å²) < 4.78 is 0. The van der Waals surface area contributed by atoms with Gasteiger partial charge < -0.3 is 5.32 Å². The largest absolute Gasteiger partial charge is 0.362 e. The molecule has 0 amide bonds. The summed E-state index contributed by atoms with van der Waals surface area (Å²) >= 11 is 0. The molecule has 0 aromatic heterocycles. The second kappa shape index (κ2) is 6.12. The average Bonchev–Trinajstić information content (AvgIpc) is 2.23. The van der Waals surface area contributed by atoms with Gasteiger partial charge in [0.05, 0.1) is 0 Å². The lowest BCUT2D eigenvalue weighted by Crippen LogP contribution is -2.27. The Morgan fingerprint density at radius 3 is 1.81 bits per heavy atom. The first kappa shape index (κ1) is 15.3. The van der Waals surface area contributed by atoms with E-state index in [0.717, 1.165) is 12.8 Å². The Bertz CT molecular complexity index is 289. The van der Waals surface area contributed by atoms with E-state index in [1.165, 1.54) is 22.5 Å². The molecule has 0 radical (unpaired) electrons. The van der Waals surface area contributed by atoms with Crippen molar-refractivity contribution in [1.82, 2.24) is 5.32 Å². The number of hydrogen-bond donors (Lipinski definition) is 1. The van der Waals surface area contributed by atoms with E-state index in [9.17, 15) is 0 Å². The molecule has 16 heavy (non-hydrogen) atoms. The first-order valence-electron chi connectivity index (χ1n) is 6.37. The summed E-state index contributed by atoms with van der Waals surface area (Å²) in [6.45, 7) is 17.8. The molecule has 0 spiro atoms. The lowest BCUT2D eigenvalue weighted by atomic mass is 9.83. The van der Waals surface area contributed by atoms with Crippen molar-refractivity contribution in [3.63, 3.8) is 0 Å². The van der Waals surface area contributed by atoms with Crippen LogP contribution in [0.4, 0.5) is 0 Å². The summed E-state index contributed by atoms with van der Waals surface area (Å²) in [5.41, 5.74) is 5.73. The number of allylic oxidation sites excluding steroid dienone is 4. The van der Waals surface area contributed by atoms with Crippen molar-refractivity contribution in [2.24, 2.45) is 5.41 Å². The van der Waals surface area contributed by atoms with Gasteiger partial charge in [-0.1, -0.05) is 38.8 Å². The second-order valence-corrected chi connectivity index (χ2v) is 5.50. The van der Waals surface area contributed by atoms with E-state index >= 15 is 0 Å². The highest BCUT2D eigenvalue weighted by Crippen LogP contribution is 2.32. The first-order chi connectivity index (χ1) is 7.26. The van der Waals surface area contributed by atoms with Crippen LogP contribution in [0.3, 0.4) is 0 Å². The predicted molar refractivity (Wildman–Crippen MR) is 74.2 cm³/mol. The van der Waals surface area contributed by atoms with Crippen molar-refractivity contribution < 1.29 is 0 Å². The molecule has 0 saturated carbocycles. The zero-order valence-electron chi connectivity index (χ0n) is 12.4. The van der Waals surface area contributed by atoms with Gasteiger partial charge in [-0.3, -0.25) is 0 Å². The van der Waals surface area contributed by atoms with Gasteiger partial charge in [-0.25, -0.2) is 0 Å². The van der Waals surface area contributed by atoms with Crippen LogP contribution in [0.2, 0.25) is 0 Å². The van der Waals surface area contributed by atoms with Gasteiger partial charge >= 0.3 is 0 Å². The molecule has 0 unspecified atom stereocenters. The van der Waals surface area contributed by atoms with E-state index in [1.54, 1.807) is 0 Å². The van der Waals surface area contributed by atoms with E-state index in [4.69, 9.17) is 0 Å². The van der Waals surface area contributed by atoms with Gasteiger partial charge in [0.1, 0.15) is 0 Å². The Morgan fingerprint density at radius 2 is 1.50 bits per heavy atom. The second-order valence-electron chi connectivity index (χ2n) is 5.50. The van der Waals surface area contributed by atoms with Crippen LogP contribution in [0.25, 0.3) is 0 Å². The Hall–Kier alpha value is -0.720. The van der Waals surface area contributed by atoms with E-state index in [0.29, 0.717) is 0 Å². The summed E-state index contributed by atoms with van der Waals surface area (Å²) in [7, 11) is 0. The lowest BCUT2D eigenvalue weighted by molar-refractivity contribution is 0.400. The molecule has 0 aromatic carbocycles. The van der Waals surface area contributed by atoms with Crippen molar-refractivity contribution in [2.45, 2.75) is 68.2 Å². The highest BCUT2D eigenvalue weighted by atomic mass is 14.9. The fourth-order valence-electron chi connectivity index (χ4n) is 1.52. The molecule has 0 heterocycles. The molecule has 0 atom stereocenters. The normalized spacial score (nSPS) is 13.2. The maximum absolute atomic E-state index is 3.62. The first-order valence-corrected chi connectivity index (χ1v) is 6.37. The predicted octanol–water partition coefficient (Wildman–Crippen LogP) is 5.01. The summed E-state index contributed by atoms with van der Waals surface area (Å²) in [5, 5.41) is 3.62. The fourth-order valence-corrected chi connectivity index (χ4v) is 1.52. The van der Waals surface area contributed by atoms with Gasteiger partial charge in [-0.05, 0) is 40.5 Å². The third-order valence-corrected chi connectivity index (χ3v) is 3.58. The third-order valence-electron chi connectivity index (χ3n) is 3.58. The summed E-state index contributed by atoms with van der Waals surface area (Å²) in [6.07, 6.45) is 2.27. The zero-order valence-corrected chi connectivity index (χ0v) is 12.4. The van der Waals surface area contributed by atoms with Gasteiger partial charge in [0.15, 0.2) is 0 Å². The Morgan fingerprint density at radius 1 is 1.00 bits per heavy atom. The fraction of sp³-hybridized carbons (Fsp3) is 0.733. The molecule has 0 rings (SSSR count). The van der Waals surface area contributed by atoms with Crippen LogP contribution >= 0.6 is 0 Å². The Kier molecular flexibility index (Phi) is 5.85. The SMILES string of the molecule is CC/C(C)=C(/NC(C)=C(C)C)C(C)(C)CC. The van der Waals surface area contributed by atoms with Crippen LogP contribution < -0.4 is 5.32 Å². The van der Waals surface area contributed by atoms with Crippen LogP contribution in [0.5, 0.6) is 0 Å². The minimum atomic E-state index is 0.233. The molecule has 1 heteroatoms. The standard InChI is InChI=1S/C15H29N/c1-9-12(5)14(15(7,8)10-2)16-13(6)11(3)4/h16H,9-10H2,1-8H3/b14-12+. The van der Waals surface area contributed by atoms with E-state index < -0.39 is 0 Å². The van der Waals surface area contributed by atoms with Crippen LogP contribution in [0, 0.1) is 5.41 Å². The molecule has 1 N–H and O–H groups in total. The monoisotopic (exact) mass is 223 g/mol. The van der Waals surface area contributed by atoms with Crippen LogP contribution in [-0.4, -0.2) is 0 Å². The smallest absolute Gasteiger partial charge is 0.0194 e. The van der Waals surface area contributed by atoms with E-state index in [1.807, 2.05) is 0 Å².